The van der Waals surface area contributed by atoms with Crippen LogP contribution in [0.5, 0.6) is 0 Å². The second kappa shape index (κ2) is 8.52. The molecule has 2 aromatic carbocycles. The Kier molecular flexibility index (Phi) is 5.89. The zero-order valence-electron chi connectivity index (χ0n) is 14.9. The van der Waals surface area contributed by atoms with E-state index in [-0.39, 0.29) is 22.9 Å². The third kappa shape index (κ3) is 4.65. The van der Waals surface area contributed by atoms with E-state index in [9.17, 15) is 13.2 Å². The Balaban J connectivity index is 1.65. The van der Waals surface area contributed by atoms with Gasteiger partial charge in [0.05, 0.1) is 17.1 Å². The number of benzene rings is 2. The number of carbonyl (C=O) groups is 1. The molecule has 8 heteroatoms. The Morgan fingerprint density at radius 2 is 1.93 bits per heavy atom. The highest BCUT2D eigenvalue weighted by atomic mass is 32.2. The van der Waals surface area contributed by atoms with Crippen molar-refractivity contribution in [3.63, 3.8) is 0 Å². The fourth-order valence-electron chi connectivity index (χ4n) is 2.50. The fourth-order valence-corrected chi connectivity index (χ4v) is 3.48. The summed E-state index contributed by atoms with van der Waals surface area (Å²) < 4.78 is 28.3. The lowest BCUT2D eigenvalue weighted by molar-refractivity contribution is 0.0950. The minimum Gasteiger partial charge on any atom is -0.348 e. The molecule has 1 amide bonds. The molecule has 0 bridgehead atoms. The number of aromatic nitrogens is 2. The summed E-state index contributed by atoms with van der Waals surface area (Å²) in [5, 5.41) is 6.94. The van der Waals surface area contributed by atoms with E-state index < -0.39 is 10.0 Å². The van der Waals surface area contributed by atoms with Crippen molar-refractivity contribution >= 4 is 15.9 Å². The molecule has 7 nitrogen and oxygen atoms in total. The number of rotatable bonds is 7. The molecule has 0 fully saturated rings. The van der Waals surface area contributed by atoms with Gasteiger partial charge in [-0.1, -0.05) is 24.1 Å². The molecule has 142 valence electrons. The minimum atomic E-state index is -3.75. The normalized spacial score (nSPS) is 11.0. The lowest BCUT2D eigenvalue weighted by Crippen LogP contribution is -2.25. The van der Waals surface area contributed by atoms with Crippen molar-refractivity contribution < 1.29 is 13.2 Å². The smallest absolute Gasteiger partial charge is 0.251 e. The van der Waals surface area contributed by atoms with Gasteiger partial charge >= 0.3 is 0 Å². The molecular weight excluding hydrogens is 376 g/mol. The molecule has 0 unspecified atom stereocenters. The summed E-state index contributed by atoms with van der Waals surface area (Å²) in [5.41, 5.74) is 2.07. The van der Waals surface area contributed by atoms with Gasteiger partial charge in [-0.05, 0) is 42.0 Å². The Morgan fingerprint density at radius 1 is 1.14 bits per heavy atom. The first-order valence-electron chi connectivity index (χ1n) is 8.40. The minimum absolute atomic E-state index is 0.0148. The van der Waals surface area contributed by atoms with Gasteiger partial charge in [0.1, 0.15) is 0 Å². The van der Waals surface area contributed by atoms with Crippen LogP contribution in [0.2, 0.25) is 0 Å². The average Bonchev–Trinajstić information content (AvgIpc) is 3.26. The van der Waals surface area contributed by atoms with E-state index in [4.69, 9.17) is 6.42 Å². The summed E-state index contributed by atoms with van der Waals surface area (Å²) >= 11 is 0. The summed E-state index contributed by atoms with van der Waals surface area (Å²) in [6.07, 6.45) is 8.62. The Hall–Kier alpha value is -3.41. The lowest BCUT2D eigenvalue weighted by atomic mass is 10.2. The van der Waals surface area contributed by atoms with Crippen molar-refractivity contribution in [3.8, 4) is 18.0 Å². The van der Waals surface area contributed by atoms with Crippen molar-refractivity contribution in [2.45, 2.75) is 11.4 Å². The SMILES string of the molecule is C#CCNS(=O)(=O)c1cccc(C(=O)NCc2ccc(-n3cccn3)cc2)c1. The van der Waals surface area contributed by atoms with Crippen LogP contribution in [0.25, 0.3) is 5.69 Å². The largest absolute Gasteiger partial charge is 0.348 e. The first-order chi connectivity index (χ1) is 13.5. The van der Waals surface area contributed by atoms with Crippen LogP contribution in [-0.4, -0.2) is 30.7 Å². The molecule has 1 heterocycles. The molecule has 0 aliphatic carbocycles. The zero-order chi connectivity index (χ0) is 20.0. The van der Waals surface area contributed by atoms with Gasteiger partial charge in [0.2, 0.25) is 10.0 Å². The van der Waals surface area contributed by atoms with E-state index in [1.165, 1.54) is 18.2 Å². The van der Waals surface area contributed by atoms with Crippen LogP contribution < -0.4 is 10.0 Å². The van der Waals surface area contributed by atoms with Gasteiger partial charge in [0.25, 0.3) is 5.91 Å². The van der Waals surface area contributed by atoms with Crippen LogP contribution in [0.15, 0.2) is 71.9 Å². The number of terminal acetylenes is 1. The molecule has 28 heavy (non-hydrogen) atoms. The highest BCUT2D eigenvalue weighted by Gasteiger charge is 2.15. The van der Waals surface area contributed by atoms with Crippen LogP contribution in [0.4, 0.5) is 0 Å². The molecule has 2 N–H and O–H groups in total. The maximum Gasteiger partial charge on any atom is 0.251 e. The number of hydrogen-bond donors (Lipinski definition) is 2. The predicted molar refractivity (Wildman–Crippen MR) is 105 cm³/mol. The van der Waals surface area contributed by atoms with Crippen molar-refractivity contribution in [2.75, 3.05) is 6.54 Å². The highest BCUT2D eigenvalue weighted by molar-refractivity contribution is 7.89. The molecule has 1 aromatic heterocycles. The standard InChI is InChI=1S/C20H18N4O3S/c1-2-11-23-28(26,27)19-6-3-5-17(14-19)20(25)21-15-16-7-9-18(10-8-16)24-13-4-12-22-24/h1,3-10,12-14,23H,11,15H2,(H,21,25). The van der Waals surface area contributed by atoms with Crippen molar-refractivity contribution in [1.29, 1.82) is 0 Å². The topological polar surface area (TPSA) is 93.1 Å². The first-order valence-corrected chi connectivity index (χ1v) is 9.88. The van der Waals surface area contributed by atoms with Gasteiger partial charge in [-0.15, -0.1) is 6.42 Å². The summed E-state index contributed by atoms with van der Waals surface area (Å²) in [7, 11) is -3.75. The molecule has 3 aromatic rings. The maximum atomic E-state index is 12.4. The Bertz CT molecular complexity index is 1100. The molecule has 0 atom stereocenters. The first kappa shape index (κ1) is 19.4. The van der Waals surface area contributed by atoms with E-state index in [0.29, 0.717) is 6.54 Å². The molecule has 0 saturated carbocycles. The van der Waals surface area contributed by atoms with Crippen LogP contribution in [0.1, 0.15) is 15.9 Å². The zero-order valence-corrected chi connectivity index (χ0v) is 15.7. The molecule has 0 saturated heterocycles. The molecule has 3 rings (SSSR count). The lowest BCUT2D eigenvalue weighted by Gasteiger charge is -2.09. The number of carbonyl (C=O) groups excluding carboxylic acids is 1. The van der Waals surface area contributed by atoms with Gasteiger partial charge in [-0.25, -0.2) is 13.1 Å². The third-order valence-corrected chi connectivity index (χ3v) is 5.33. The number of nitrogens with one attached hydrogen (secondary N) is 2. The quantitative estimate of drug-likeness (QED) is 0.597. The van der Waals surface area contributed by atoms with Gasteiger partial charge in [0.15, 0.2) is 0 Å². The molecule has 0 spiro atoms. The Labute approximate surface area is 163 Å². The van der Waals surface area contributed by atoms with Crippen LogP contribution in [0, 0.1) is 12.3 Å². The molecule has 0 radical (unpaired) electrons. The summed E-state index contributed by atoms with van der Waals surface area (Å²) in [6.45, 7) is 0.192. The van der Waals surface area contributed by atoms with E-state index in [1.807, 2.05) is 36.5 Å². The summed E-state index contributed by atoms with van der Waals surface area (Å²) in [6, 6.07) is 15.2. The number of nitrogens with zero attached hydrogens (tertiary/aromatic N) is 2. The Morgan fingerprint density at radius 3 is 2.61 bits per heavy atom. The van der Waals surface area contributed by atoms with Gasteiger partial charge < -0.3 is 5.32 Å². The second-order valence-corrected chi connectivity index (χ2v) is 7.62. The second-order valence-electron chi connectivity index (χ2n) is 5.86. The van der Waals surface area contributed by atoms with Gasteiger partial charge in [-0.2, -0.15) is 9.82 Å². The molecule has 0 aliphatic heterocycles. The van der Waals surface area contributed by atoms with Crippen molar-refractivity contribution in [1.82, 2.24) is 19.8 Å². The maximum absolute atomic E-state index is 12.4. The predicted octanol–water partition coefficient (Wildman–Crippen LogP) is 1.71. The summed E-state index contributed by atoms with van der Waals surface area (Å²) in [4.78, 5) is 12.4. The van der Waals surface area contributed by atoms with Crippen molar-refractivity contribution in [2.24, 2.45) is 0 Å². The summed E-state index contributed by atoms with van der Waals surface area (Å²) in [5.74, 6) is 1.84. The molecular formula is C20H18N4O3S. The van der Waals surface area contributed by atoms with E-state index >= 15 is 0 Å². The number of sulfonamides is 1. The van der Waals surface area contributed by atoms with E-state index in [0.717, 1.165) is 11.3 Å². The highest BCUT2D eigenvalue weighted by Crippen LogP contribution is 2.12. The van der Waals surface area contributed by atoms with Crippen LogP contribution in [0.3, 0.4) is 0 Å². The third-order valence-electron chi connectivity index (χ3n) is 3.93. The fraction of sp³-hybridized carbons (Fsp3) is 0.100. The van der Waals surface area contributed by atoms with Crippen LogP contribution >= 0.6 is 0 Å². The molecule has 0 aliphatic rings. The van der Waals surface area contributed by atoms with Gasteiger partial charge in [-0.3, -0.25) is 4.79 Å². The van der Waals surface area contributed by atoms with E-state index in [2.05, 4.69) is 21.1 Å². The number of hydrogen-bond acceptors (Lipinski definition) is 4. The van der Waals surface area contributed by atoms with Crippen molar-refractivity contribution in [3.05, 3.63) is 78.1 Å². The van der Waals surface area contributed by atoms with Crippen LogP contribution in [-0.2, 0) is 16.6 Å². The van der Waals surface area contributed by atoms with Gasteiger partial charge in [0, 0.05) is 24.5 Å². The average molecular weight is 394 g/mol. The monoisotopic (exact) mass is 394 g/mol. The van der Waals surface area contributed by atoms with E-state index in [1.54, 1.807) is 16.9 Å². The number of amides is 1.